The van der Waals surface area contributed by atoms with E-state index in [1.165, 1.54) is 34.1 Å². The van der Waals surface area contributed by atoms with Gasteiger partial charge in [-0.25, -0.2) is 0 Å². The molecule has 2 aliphatic heterocycles. The zero-order valence-corrected chi connectivity index (χ0v) is 36.0. The van der Waals surface area contributed by atoms with Crippen molar-refractivity contribution in [2.45, 2.75) is 90.9 Å². The van der Waals surface area contributed by atoms with Crippen LogP contribution in [0.1, 0.15) is 132 Å². The van der Waals surface area contributed by atoms with Gasteiger partial charge in [0.15, 0.2) is 0 Å². The Labute approximate surface area is 369 Å². The van der Waals surface area contributed by atoms with Gasteiger partial charge in [0, 0.05) is 70.4 Å². The number of carbonyl (C=O) groups is 4. The molecular formula is C52H48N4O8. The molecule has 0 atom stereocenters. The highest BCUT2D eigenvalue weighted by Crippen LogP contribution is 2.52. The van der Waals surface area contributed by atoms with Crippen molar-refractivity contribution in [2.24, 2.45) is 0 Å². The first kappa shape index (κ1) is 42.2. The van der Waals surface area contributed by atoms with Crippen molar-refractivity contribution in [1.29, 1.82) is 0 Å². The Kier molecular flexibility index (Phi) is 11.4. The van der Waals surface area contributed by atoms with Crippen LogP contribution < -0.4 is 0 Å². The van der Waals surface area contributed by atoms with Gasteiger partial charge in [0.05, 0.1) is 9.85 Å². The number of unbranched alkanes of at least 4 members (excludes halogenated alkanes) is 10. The third-order valence-electron chi connectivity index (χ3n) is 13.3. The van der Waals surface area contributed by atoms with E-state index in [4.69, 9.17) is 0 Å². The summed E-state index contributed by atoms with van der Waals surface area (Å²) in [6.45, 7) is 4.82. The first-order valence-corrected chi connectivity index (χ1v) is 22.6. The molecule has 2 heterocycles. The van der Waals surface area contributed by atoms with Gasteiger partial charge in [-0.05, 0) is 116 Å². The predicted molar refractivity (Wildman–Crippen MR) is 249 cm³/mol. The van der Waals surface area contributed by atoms with Crippen LogP contribution in [0.5, 0.6) is 0 Å². The van der Waals surface area contributed by atoms with Gasteiger partial charge >= 0.3 is 0 Å². The van der Waals surface area contributed by atoms with Gasteiger partial charge in [0.2, 0.25) is 0 Å². The minimum atomic E-state index is -0.473. The highest BCUT2D eigenvalue weighted by Gasteiger charge is 2.38. The highest BCUT2D eigenvalue weighted by molar-refractivity contribution is 6.44. The molecule has 0 unspecified atom stereocenters. The quantitative estimate of drug-likeness (QED) is 0.0206. The van der Waals surface area contributed by atoms with E-state index in [-0.39, 0.29) is 36.3 Å². The third kappa shape index (κ3) is 7.01. The van der Waals surface area contributed by atoms with E-state index in [2.05, 4.69) is 13.8 Å². The van der Waals surface area contributed by atoms with E-state index in [0.717, 1.165) is 64.2 Å². The van der Waals surface area contributed by atoms with Crippen molar-refractivity contribution in [3.05, 3.63) is 127 Å². The van der Waals surface area contributed by atoms with Crippen LogP contribution in [0.2, 0.25) is 0 Å². The number of rotatable bonds is 18. The van der Waals surface area contributed by atoms with E-state index in [1.807, 2.05) is 12.1 Å². The van der Waals surface area contributed by atoms with Crippen molar-refractivity contribution >= 4 is 78.1 Å². The molecule has 0 aliphatic carbocycles. The Morgan fingerprint density at radius 2 is 0.734 bits per heavy atom. The lowest BCUT2D eigenvalue weighted by atomic mass is 9.78. The maximum absolute atomic E-state index is 14.7. The van der Waals surface area contributed by atoms with Crippen LogP contribution in [0.15, 0.2) is 84.9 Å². The van der Waals surface area contributed by atoms with Gasteiger partial charge < -0.3 is 0 Å². The molecule has 0 bridgehead atoms. The fourth-order valence-electron chi connectivity index (χ4n) is 10.1. The zero-order chi connectivity index (χ0) is 44.8. The molecule has 0 saturated carbocycles. The number of benzene rings is 7. The lowest BCUT2D eigenvalue weighted by molar-refractivity contribution is -0.385. The number of nitro groups is 2. The summed E-state index contributed by atoms with van der Waals surface area (Å²) in [5.74, 6) is -1.63. The second-order valence-electron chi connectivity index (χ2n) is 17.2. The summed E-state index contributed by atoms with van der Waals surface area (Å²) in [7, 11) is 0. The topological polar surface area (TPSA) is 161 Å². The molecule has 4 amide bonds. The Morgan fingerprint density at radius 1 is 0.391 bits per heavy atom. The zero-order valence-electron chi connectivity index (χ0n) is 36.0. The second kappa shape index (κ2) is 17.2. The van der Waals surface area contributed by atoms with Crippen LogP contribution >= 0.6 is 0 Å². The second-order valence-corrected chi connectivity index (χ2v) is 17.2. The molecule has 0 saturated heterocycles. The summed E-state index contributed by atoms with van der Waals surface area (Å²) in [5.41, 5.74) is 3.58. The average molecular weight is 857 g/mol. The number of nitrogens with zero attached hydrogens (tertiary/aromatic N) is 4. The fourth-order valence-corrected chi connectivity index (χ4v) is 10.1. The molecule has 12 heteroatoms. The van der Waals surface area contributed by atoms with Crippen LogP contribution in [0.3, 0.4) is 0 Å². The number of carbonyl (C=O) groups excluding carboxylic acids is 4. The number of hydrogen-bond donors (Lipinski definition) is 0. The average Bonchev–Trinajstić information content (AvgIpc) is 3.30. The van der Waals surface area contributed by atoms with E-state index in [1.54, 1.807) is 48.5 Å². The summed E-state index contributed by atoms with van der Waals surface area (Å²) in [4.78, 5) is 83.7. The number of non-ortho nitro benzene ring substituents is 2. The highest BCUT2D eigenvalue weighted by atomic mass is 16.6. The molecule has 0 radical (unpaired) electrons. The van der Waals surface area contributed by atoms with Gasteiger partial charge in [-0.15, -0.1) is 0 Å². The maximum Gasteiger partial charge on any atom is 0.269 e. The Bertz CT molecular complexity index is 2860. The monoisotopic (exact) mass is 856 g/mol. The Morgan fingerprint density at radius 3 is 1.09 bits per heavy atom. The van der Waals surface area contributed by atoms with Crippen molar-refractivity contribution in [3.8, 4) is 22.3 Å². The van der Waals surface area contributed by atoms with Gasteiger partial charge in [-0.1, -0.05) is 90.2 Å². The number of hydrogen-bond acceptors (Lipinski definition) is 8. The molecule has 7 aromatic rings. The standard InChI is InChI=1S/C52H48N4O8/c1-3-5-7-9-11-13-27-53-49(57)37-25-23-35-44-40(32-17-21-34(22-18-32)56(63)64)30-42-46-38(50(58)54(52(42)60)28-14-12-10-8-6-4-2)26-24-36(48(44)46)43-39(29-41(51(53)59)45(37)47(35)43)31-15-19-33(20-16-31)55(61)62/h15-26,29-30H,3-14,27-28H2,1-2H3. The van der Waals surface area contributed by atoms with Crippen LogP contribution in [0, 0.1) is 20.2 Å². The van der Waals surface area contributed by atoms with Crippen LogP contribution in [-0.2, 0) is 0 Å². The minimum Gasteiger partial charge on any atom is -0.274 e. The molecule has 7 aromatic carbocycles. The molecule has 2 aliphatic rings. The molecule has 64 heavy (non-hydrogen) atoms. The first-order chi connectivity index (χ1) is 31.0. The number of amides is 4. The van der Waals surface area contributed by atoms with Crippen LogP contribution in [0.25, 0.3) is 65.3 Å². The smallest absolute Gasteiger partial charge is 0.269 e. The summed E-state index contributed by atoms with van der Waals surface area (Å²) in [6, 6.07) is 23.0. The lowest BCUT2D eigenvalue weighted by Gasteiger charge is -2.31. The largest absolute Gasteiger partial charge is 0.274 e. The number of imide groups is 2. The fraction of sp³-hybridized carbons (Fsp3) is 0.308. The molecular weight excluding hydrogens is 809 g/mol. The molecule has 0 spiro atoms. The van der Waals surface area contributed by atoms with Gasteiger partial charge in [0.25, 0.3) is 35.0 Å². The van der Waals surface area contributed by atoms with Crippen molar-refractivity contribution in [3.63, 3.8) is 0 Å². The van der Waals surface area contributed by atoms with Crippen molar-refractivity contribution < 1.29 is 29.0 Å². The molecule has 0 fully saturated rings. The normalized spacial score (nSPS) is 13.7. The maximum atomic E-state index is 14.7. The summed E-state index contributed by atoms with van der Waals surface area (Å²) < 4.78 is 0. The van der Waals surface area contributed by atoms with E-state index >= 15 is 0 Å². The van der Waals surface area contributed by atoms with E-state index in [0.29, 0.717) is 100 Å². The van der Waals surface area contributed by atoms with Crippen molar-refractivity contribution in [1.82, 2.24) is 9.80 Å². The summed E-state index contributed by atoms with van der Waals surface area (Å²) in [5, 5.41) is 28.5. The third-order valence-corrected chi connectivity index (χ3v) is 13.3. The van der Waals surface area contributed by atoms with E-state index < -0.39 is 21.7 Å². The molecule has 0 aromatic heterocycles. The lowest BCUT2D eigenvalue weighted by Crippen LogP contribution is -2.41. The van der Waals surface area contributed by atoms with Crippen molar-refractivity contribution in [2.75, 3.05) is 13.1 Å². The predicted octanol–water partition coefficient (Wildman–Crippen LogP) is 12.8. The summed E-state index contributed by atoms with van der Waals surface area (Å²) in [6.07, 6.45) is 11.7. The first-order valence-electron chi connectivity index (χ1n) is 22.6. The summed E-state index contributed by atoms with van der Waals surface area (Å²) >= 11 is 0. The Balaban J connectivity index is 1.33. The minimum absolute atomic E-state index is 0.103. The molecule has 9 rings (SSSR count). The van der Waals surface area contributed by atoms with Crippen LogP contribution in [0.4, 0.5) is 11.4 Å². The number of fused-ring (bicyclic) bond motifs is 2. The molecule has 0 N–H and O–H groups in total. The number of nitro benzene ring substituents is 2. The molecule has 12 nitrogen and oxygen atoms in total. The van der Waals surface area contributed by atoms with E-state index in [9.17, 15) is 39.4 Å². The van der Waals surface area contributed by atoms with Gasteiger partial charge in [-0.3, -0.25) is 49.2 Å². The Hall–Kier alpha value is -7.08. The SMILES string of the molecule is CCCCCCCCN1C(=O)c2ccc3c4c(-c5ccc([N+](=O)[O-])cc5)cc5c6c(ccc(c7c(-c8ccc([N+](=O)[O-])cc8)cc(c2c37)C1=O)c64)C(=O)N(CCCCCCCC)C5=O. The molecule has 324 valence electrons. The van der Waals surface area contributed by atoms with Crippen LogP contribution in [-0.4, -0.2) is 56.4 Å². The van der Waals surface area contributed by atoms with Gasteiger partial charge in [0.1, 0.15) is 0 Å². The van der Waals surface area contributed by atoms with Gasteiger partial charge in [-0.2, -0.15) is 0 Å².